The van der Waals surface area contributed by atoms with Crippen molar-refractivity contribution in [1.29, 1.82) is 0 Å². The number of Topliss-reactive ketones (excluding diaryl/α,β-unsaturated/α-hetero) is 1. The number of ketones is 1. The zero-order valence-corrected chi connectivity index (χ0v) is 10.3. The van der Waals surface area contributed by atoms with Gasteiger partial charge in [0.15, 0.2) is 0 Å². The SMILES string of the molecule is COc1ccc(Cl)cc1CCNCC(C)=O. The number of hydrogen-bond donors (Lipinski definition) is 1. The van der Waals surface area contributed by atoms with Gasteiger partial charge in [-0.15, -0.1) is 0 Å². The number of ether oxygens (including phenoxy) is 1. The smallest absolute Gasteiger partial charge is 0.143 e. The van der Waals surface area contributed by atoms with Crippen LogP contribution in [0.15, 0.2) is 18.2 Å². The van der Waals surface area contributed by atoms with E-state index in [-0.39, 0.29) is 5.78 Å². The lowest BCUT2D eigenvalue weighted by atomic mass is 10.1. The molecule has 0 radical (unpaired) electrons. The lowest BCUT2D eigenvalue weighted by molar-refractivity contribution is -0.116. The molecule has 1 rings (SSSR count). The van der Waals surface area contributed by atoms with Crippen LogP contribution in [-0.4, -0.2) is 26.0 Å². The summed E-state index contributed by atoms with van der Waals surface area (Å²) in [6, 6.07) is 5.53. The van der Waals surface area contributed by atoms with Crippen LogP contribution in [0.3, 0.4) is 0 Å². The van der Waals surface area contributed by atoms with E-state index in [1.165, 1.54) is 0 Å². The Kier molecular flexibility index (Phi) is 5.29. The third kappa shape index (κ3) is 4.21. The maximum Gasteiger partial charge on any atom is 0.143 e. The molecule has 0 spiro atoms. The number of hydrogen-bond acceptors (Lipinski definition) is 3. The van der Waals surface area contributed by atoms with Gasteiger partial charge in [0.1, 0.15) is 11.5 Å². The minimum atomic E-state index is 0.137. The van der Waals surface area contributed by atoms with Gasteiger partial charge in [-0.1, -0.05) is 11.6 Å². The van der Waals surface area contributed by atoms with Gasteiger partial charge in [0.05, 0.1) is 13.7 Å². The largest absolute Gasteiger partial charge is 0.496 e. The second-order valence-electron chi connectivity index (χ2n) is 3.58. The summed E-state index contributed by atoms with van der Waals surface area (Å²) in [6.45, 7) is 2.70. The van der Waals surface area contributed by atoms with Crippen LogP contribution in [0.2, 0.25) is 5.02 Å². The average Bonchev–Trinajstić information content (AvgIpc) is 2.24. The van der Waals surface area contributed by atoms with Gasteiger partial charge in [0.25, 0.3) is 0 Å². The maximum atomic E-state index is 10.7. The molecule has 1 aromatic rings. The zero-order chi connectivity index (χ0) is 12.0. The molecule has 88 valence electrons. The normalized spacial score (nSPS) is 10.2. The van der Waals surface area contributed by atoms with E-state index < -0.39 is 0 Å². The van der Waals surface area contributed by atoms with Crippen molar-refractivity contribution in [1.82, 2.24) is 5.32 Å². The van der Waals surface area contributed by atoms with Crippen LogP contribution in [0, 0.1) is 0 Å². The fourth-order valence-electron chi connectivity index (χ4n) is 1.43. The monoisotopic (exact) mass is 241 g/mol. The summed E-state index contributed by atoms with van der Waals surface area (Å²) in [5.41, 5.74) is 1.05. The Hall–Kier alpha value is -1.06. The van der Waals surface area contributed by atoms with Crippen molar-refractivity contribution in [3.05, 3.63) is 28.8 Å². The summed E-state index contributed by atoms with van der Waals surface area (Å²) in [7, 11) is 1.63. The van der Waals surface area contributed by atoms with Gasteiger partial charge in [0.2, 0.25) is 0 Å². The van der Waals surface area contributed by atoms with E-state index in [2.05, 4.69) is 5.32 Å². The highest BCUT2D eigenvalue weighted by atomic mass is 35.5. The second kappa shape index (κ2) is 6.51. The Morgan fingerprint density at radius 3 is 2.88 bits per heavy atom. The zero-order valence-electron chi connectivity index (χ0n) is 9.55. The molecule has 0 heterocycles. The molecule has 0 amide bonds. The van der Waals surface area contributed by atoms with Gasteiger partial charge in [-0.25, -0.2) is 0 Å². The van der Waals surface area contributed by atoms with Crippen LogP contribution in [-0.2, 0) is 11.2 Å². The number of methoxy groups -OCH3 is 1. The summed E-state index contributed by atoms with van der Waals surface area (Å²) < 4.78 is 5.23. The fourth-order valence-corrected chi connectivity index (χ4v) is 1.62. The Bertz CT molecular complexity index is 366. The molecule has 1 N–H and O–H groups in total. The van der Waals surface area contributed by atoms with Gasteiger partial charge in [-0.3, -0.25) is 4.79 Å². The summed E-state index contributed by atoms with van der Waals surface area (Å²) in [5, 5.41) is 3.75. The fraction of sp³-hybridized carbons (Fsp3) is 0.417. The number of rotatable bonds is 6. The lowest BCUT2D eigenvalue weighted by Crippen LogP contribution is -2.23. The van der Waals surface area contributed by atoms with Crippen molar-refractivity contribution in [2.24, 2.45) is 0 Å². The van der Waals surface area contributed by atoms with Gasteiger partial charge in [-0.2, -0.15) is 0 Å². The van der Waals surface area contributed by atoms with Crippen molar-refractivity contribution in [2.75, 3.05) is 20.2 Å². The first-order valence-corrected chi connectivity index (χ1v) is 5.54. The summed E-state index contributed by atoms with van der Waals surface area (Å²) in [4.78, 5) is 10.7. The molecule has 0 atom stereocenters. The molecular weight excluding hydrogens is 226 g/mol. The van der Waals surface area contributed by atoms with E-state index >= 15 is 0 Å². The number of carbonyl (C=O) groups is 1. The van der Waals surface area contributed by atoms with Gasteiger partial charge in [0, 0.05) is 5.02 Å². The molecule has 1 aromatic carbocycles. The number of carbonyl (C=O) groups excluding carboxylic acids is 1. The van der Waals surface area contributed by atoms with Crippen LogP contribution in [0.25, 0.3) is 0 Å². The average molecular weight is 242 g/mol. The summed E-state index contributed by atoms with van der Waals surface area (Å²) in [5.74, 6) is 0.965. The van der Waals surface area contributed by atoms with Crippen LogP contribution in [0.4, 0.5) is 0 Å². The van der Waals surface area contributed by atoms with E-state index in [0.29, 0.717) is 11.6 Å². The third-order valence-corrected chi connectivity index (χ3v) is 2.42. The molecule has 16 heavy (non-hydrogen) atoms. The lowest BCUT2D eigenvalue weighted by Gasteiger charge is -2.09. The number of benzene rings is 1. The Labute approximate surface area is 101 Å². The first-order valence-electron chi connectivity index (χ1n) is 5.16. The van der Waals surface area contributed by atoms with Crippen LogP contribution in [0.5, 0.6) is 5.75 Å². The van der Waals surface area contributed by atoms with E-state index in [1.54, 1.807) is 20.1 Å². The molecule has 0 fully saturated rings. The van der Waals surface area contributed by atoms with Crippen molar-refractivity contribution >= 4 is 17.4 Å². The Morgan fingerprint density at radius 2 is 2.25 bits per heavy atom. The molecule has 0 unspecified atom stereocenters. The Morgan fingerprint density at radius 1 is 1.50 bits per heavy atom. The highest BCUT2D eigenvalue weighted by Crippen LogP contribution is 2.22. The molecule has 0 aliphatic heterocycles. The molecular formula is C12H16ClNO2. The first-order chi connectivity index (χ1) is 7.63. The van der Waals surface area contributed by atoms with Crippen molar-refractivity contribution in [3.8, 4) is 5.75 Å². The molecule has 0 aliphatic rings. The number of halogens is 1. The van der Waals surface area contributed by atoms with E-state index in [1.807, 2.05) is 12.1 Å². The molecule has 0 aromatic heterocycles. The van der Waals surface area contributed by atoms with Crippen molar-refractivity contribution in [3.63, 3.8) is 0 Å². The highest BCUT2D eigenvalue weighted by molar-refractivity contribution is 6.30. The van der Waals surface area contributed by atoms with Gasteiger partial charge in [-0.05, 0) is 43.7 Å². The van der Waals surface area contributed by atoms with E-state index in [0.717, 1.165) is 24.3 Å². The highest BCUT2D eigenvalue weighted by Gasteiger charge is 2.03. The summed E-state index contributed by atoms with van der Waals surface area (Å²) in [6.07, 6.45) is 0.789. The quantitative estimate of drug-likeness (QED) is 0.775. The summed E-state index contributed by atoms with van der Waals surface area (Å²) >= 11 is 5.91. The standard InChI is InChI=1S/C12H16ClNO2/c1-9(15)8-14-6-5-10-7-11(13)3-4-12(10)16-2/h3-4,7,14H,5-6,8H2,1-2H3. The molecule has 3 nitrogen and oxygen atoms in total. The predicted octanol–water partition coefficient (Wildman–Crippen LogP) is 2.07. The third-order valence-electron chi connectivity index (χ3n) is 2.19. The molecule has 0 saturated heterocycles. The van der Waals surface area contributed by atoms with Crippen molar-refractivity contribution < 1.29 is 9.53 Å². The second-order valence-corrected chi connectivity index (χ2v) is 4.02. The minimum Gasteiger partial charge on any atom is -0.496 e. The molecule has 4 heteroatoms. The van der Waals surface area contributed by atoms with Crippen LogP contribution < -0.4 is 10.1 Å². The van der Waals surface area contributed by atoms with Crippen LogP contribution >= 0.6 is 11.6 Å². The van der Waals surface area contributed by atoms with Crippen molar-refractivity contribution in [2.45, 2.75) is 13.3 Å². The minimum absolute atomic E-state index is 0.137. The van der Waals surface area contributed by atoms with Crippen LogP contribution in [0.1, 0.15) is 12.5 Å². The van der Waals surface area contributed by atoms with Gasteiger partial charge < -0.3 is 10.1 Å². The Balaban J connectivity index is 2.51. The molecule has 0 bridgehead atoms. The maximum absolute atomic E-state index is 10.7. The predicted molar refractivity (Wildman–Crippen MR) is 65.3 cm³/mol. The topological polar surface area (TPSA) is 38.3 Å². The first kappa shape index (κ1) is 13.0. The van der Waals surface area contributed by atoms with Gasteiger partial charge >= 0.3 is 0 Å². The molecule has 0 saturated carbocycles. The van der Waals surface area contributed by atoms with E-state index in [4.69, 9.17) is 16.3 Å². The molecule has 0 aliphatic carbocycles. The van der Waals surface area contributed by atoms with E-state index in [9.17, 15) is 4.79 Å². The number of nitrogens with one attached hydrogen (secondary N) is 1.